The Labute approximate surface area is 210 Å². The van der Waals surface area contributed by atoms with Gasteiger partial charge in [0.05, 0.1) is 29.1 Å². The molecular formula is C28H32N8. The van der Waals surface area contributed by atoms with Crippen LogP contribution in [0, 0.1) is 0 Å². The molecule has 8 heteroatoms. The number of allylic oxidation sites excluding steroid dienone is 2. The smallest absolute Gasteiger partial charge is 0.147 e. The molecule has 0 spiro atoms. The Morgan fingerprint density at radius 2 is 1.97 bits per heavy atom. The maximum Gasteiger partial charge on any atom is 0.147 e. The third-order valence-corrected chi connectivity index (χ3v) is 7.25. The molecule has 3 aromatic heterocycles. The van der Waals surface area contributed by atoms with Crippen LogP contribution in [0.5, 0.6) is 0 Å². The first-order valence-electron chi connectivity index (χ1n) is 12.7. The topological polar surface area (TPSA) is 103 Å². The number of H-pyrrole nitrogens is 2. The van der Waals surface area contributed by atoms with Gasteiger partial charge >= 0.3 is 0 Å². The van der Waals surface area contributed by atoms with E-state index in [1.807, 2.05) is 19.1 Å². The zero-order chi connectivity index (χ0) is 24.6. The van der Waals surface area contributed by atoms with Crippen molar-refractivity contribution in [3.63, 3.8) is 0 Å². The highest BCUT2D eigenvalue weighted by molar-refractivity contribution is 5.96. The summed E-state index contributed by atoms with van der Waals surface area (Å²) in [6.45, 7) is 10.2. The van der Waals surface area contributed by atoms with E-state index in [4.69, 9.17) is 10.7 Å². The lowest BCUT2D eigenvalue weighted by Crippen LogP contribution is -2.56. The Balaban J connectivity index is 1.28. The number of aromatic amines is 2. The van der Waals surface area contributed by atoms with Crippen LogP contribution < -0.4 is 26.1 Å². The Hall–Kier alpha value is -3.91. The molecule has 6 rings (SSSR count). The van der Waals surface area contributed by atoms with Crippen LogP contribution in [0.15, 0.2) is 42.7 Å². The number of rotatable bonds is 5. The average Bonchev–Trinajstić information content (AvgIpc) is 3.49. The fourth-order valence-corrected chi connectivity index (χ4v) is 5.11. The lowest BCUT2D eigenvalue weighted by atomic mass is 10.1. The number of hydrogen-bond donors (Lipinski definition) is 3. The molecule has 0 radical (unpaired) electrons. The van der Waals surface area contributed by atoms with Crippen LogP contribution in [0.4, 0.5) is 11.5 Å². The molecule has 5 heterocycles. The van der Waals surface area contributed by atoms with Crippen LogP contribution >= 0.6 is 0 Å². The number of nitrogens with one attached hydrogen (secondary N) is 2. The lowest BCUT2D eigenvalue weighted by Gasteiger charge is -2.37. The molecule has 0 amide bonds. The van der Waals surface area contributed by atoms with Crippen molar-refractivity contribution >= 4 is 40.6 Å². The van der Waals surface area contributed by atoms with Crippen molar-refractivity contribution in [3.05, 3.63) is 59.0 Å². The summed E-state index contributed by atoms with van der Waals surface area (Å²) in [6.07, 6.45) is 11.4. The maximum atomic E-state index is 5.91. The third kappa shape index (κ3) is 4.18. The van der Waals surface area contributed by atoms with Gasteiger partial charge in [-0.1, -0.05) is 18.7 Å². The van der Waals surface area contributed by atoms with Crippen LogP contribution in [0.2, 0.25) is 0 Å². The number of anilines is 2. The van der Waals surface area contributed by atoms with Gasteiger partial charge in [0.2, 0.25) is 0 Å². The molecule has 2 saturated heterocycles. The summed E-state index contributed by atoms with van der Waals surface area (Å²) >= 11 is 0. The average molecular weight is 481 g/mol. The van der Waals surface area contributed by atoms with Gasteiger partial charge < -0.3 is 20.5 Å². The summed E-state index contributed by atoms with van der Waals surface area (Å²) in [5.74, 6) is 0.867. The van der Waals surface area contributed by atoms with Crippen LogP contribution in [-0.4, -0.2) is 57.4 Å². The van der Waals surface area contributed by atoms with Gasteiger partial charge in [0.1, 0.15) is 11.5 Å². The van der Waals surface area contributed by atoms with Crippen molar-refractivity contribution in [1.29, 1.82) is 0 Å². The maximum absolute atomic E-state index is 5.91. The molecule has 184 valence electrons. The van der Waals surface area contributed by atoms with Crippen LogP contribution in [0.25, 0.3) is 40.5 Å². The van der Waals surface area contributed by atoms with Crippen LogP contribution in [-0.2, 0) is 0 Å². The minimum atomic E-state index is 0.221. The number of nitrogens with zero attached hydrogens (tertiary/aromatic N) is 5. The van der Waals surface area contributed by atoms with Gasteiger partial charge in [-0.25, -0.2) is 4.98 Å². The van der Waals surface area contributed by atoms with Crippen molar-refractivity contribution < 1.29 is 0 Å². The first kappa shape index (κ1) is 22.5. The molecule has 4 N–H and O–H groups in total. The molecule has 36 heavy (non-hydrogen) atoms. The number of piperidine rings is 1. The van der Waals surface area contributed by atoms with E-state index in [0.29, 0.717) is 0 Å². The molecule has 2 aliphatic heterocycles. The number of benzene rings is 1. The first-order valence-corrected chi connectivity index (χ1v) is 12.7. The van der Waals surface area contributed by atoms with E-state index in [0.717, 1.165) is 70.7 Å². The normalized spacial score (nSPS) is 17.7. The summed E-state index contributed by atoms with van der Waals surface area (Å²) in [7, 11) is 0. The molecule has 2 fully saturated rings. The van der Waals surface area contributed by atoms with Gasteiger partial charge in [0.15, 0.2) is 0 Å². The van der Waals surface area contributed by atoms with Gasteiger partial charge in [-0.05, 0) is 56.0 Å². The van der Waals surface area contributed by atoms with E-state index in [-0.39, 0.29) is 6.04 Å². The van der Waals surface area contributed by atoms with Crippen LogP contribution in [0.3, 0.4) is 0 Å². The summed E-state index contributed by atoms with van der Waals surface area (Å²) in [5.41, 5.74) is 12.0. The number of aromatic nitrogens is 5. The van der Waals surface area contributed by atoms with Gasteiger partial charge in [-0.2, -0.15) is 5.10 Å². The molecule has 0 bridgehead atoms. The highest BCUT2D eigenvalue weighted by Gasteiger charge is 2.24. The van der Waals surface area contributed by atoms with Gasteiger partial charge in [-0.3, -0.25) is 10.1 Å². The standard InChI is InChI=1S/C28H32N8/c1-18(25-14-30-15-27(32-25)36-16-20(29)17-36)9-10-22-19(2)28(34-33-22)24-13-21-23(31-24)7-6-8-26(21)35-11-4-3-5-12-35/h6-10,13-15,20,31,33H,2-5,11-12,16-17,29H2,1H3/b18-9+,22-10+. The first-order chi connectivity index (χ1) is 17.6. The molecule has 4 aromatic rings. The summed E-state index contributed by atoms with van der Waals surface area (Å²) in [4.78, 5) is 17.3. The summed E-state index contributed by atoms with van der Waals surface area (Å²) < 4.78 is 0. The second kappa shape index (κ2) is 9.28. The van der Waals surface area contributed by atoms with E-state index >= 15 is 0 Å². The van der Waals surface area contributed by atoms with Crippen molar-refractivity contribution in [2.24, 2.45) is 5.73 Å². The fourth-order valence-electron chi connectivity index (χ4n) is 5.11. The predicted molar refractivity (Wildman–Crippen MR) is 147 cm³/mol. The van der Waals surface area contributed by atoms with E-state index in [9.17, 15) is 0 Å². The summed E-state index contributed by atoms with van der Waals surface area (Å²) in [5, 5.41) is 10.7. The zero-order valence-electron chi connectivity index (χ0n) is 20.7. The van der Waals surface area contributed by atoms with Gasteiger partial charge in [0.25, 0.3) is 0 Å². The Kier molecular flexibility index (Phi) is 5.81. The van der Waals surface area contributed by atoms with Gasteiger partial charge in [-0.15, -0.1) is 0 Å². The zero-order valence-corrected chi connectivity index (χ0v) is 20.7. The SMILES string of the molecule is C=c1c(-c2cc3c(N4CCCCC4)cccc3[nH]2)n[nH]/c1=C/C=C(\C)c1cncc(N2CC(N)C2)n1. The second-order valence-corrected chi connectivity index (χ2v) is 9.88. The fraction of sp³-hybridized carbons (Fsp3) is 0.321. The second-order valence-electron chi connectivity index (χ2n) is 9.88. The Morgan fingerprint density at radius 3 is 2.78 bits per heavy atom. The van der Waals surface area contributed by atoms with Crippen molar-refractivity contribution in [3.8, 4) is 11.4 Å². The molecule has 0 saturated carbocycles. The Bertz CT molecular complexity index is 1530. The highest BCUT2D eigenvalue weighted by atomic mass is 15.3. The third-order valence-electron chi connectivity index (χ3n) is 7.25. The number of hydrogen-bond acceptors (Lipinski definition) is 6. The van der Waals surface area contributed by atoms with Crippen LogP contribution in [0.1, 0.15) is 31.9 Å². The molecule has 0 aliphatic carbocycles. The lowest BCUT2D eigenvalue weighted by molar-refractivity contribution is 0.513. The Morgan fingerprint density at radius 1 is 1.14 bits per heavy atom. The summed E-state index contributed by atoms with van der Waals surface area (Å²) in [6, 6.07) is 8.91. The highest BCUT2D eigenvalue weighted by Crippen LogP contribution is 2.31. The minimum absolute atomic E-state index is 0.221. The molecule has 8 nitrogen and oxygen atoms in total. The van der Waals surface area contributed by atoms with Crippen molar-refractivity contribution in [1.82, 2.24) is 25.1 Å². The van der Waals surface area contributed by atoms with E-state index in [2.05, 4.69) is 60.8 Å². The minimum Gasteiger partial charge on any atom is -0.371 e. The van der Waals surface area contributed by atoms with E-state index in [1.54, 1.807) is 12.4 Å². The van der Waals surface area contributed by atoms with Crippen molar-refractivity contribution in [2.45, 2.75) is 32.2 Å². The predicted octanol–water partition coefficient (Wildman–Crippen LogP) is 2.78. The molecule has 0 unspecified atom stereocenters. The van der Waals surface area contributed by atoms with Gasteiger partial charge in [0, 0.05) is 54.0 Å². The quantitative estimate of drug-likeness (QED) is 0.406. The molecular weight excluding hydrogens is 448 g/mol. The molecule has 2 aliphatic rings. The number of nitrogens with two attached hydrogens (primary N) is 1. The number of fused-ring (bicyclic) bond motifs is 1. The van der Waals surface area contributed by atoms with E-state index in [1.165, 1.54) is 30.3 Å². The monoisotopic (exact) mass is 480 g/mol. The van der Waals surface area contributed by atoms with Crippen molar-refractivity contribution in [2.75, 3.05) is 36.0 Å². The largest absolute Gasteiger partial charge is 0.371 e. The molecule has 1 aromatic carbocycles. The molecule has 0 atom stereocenters. The van der Waals surface area contributed by atoms with E-state index < -0.39 is 0 Å².